The van der Waals surface area contributed by atoms with Gasteiger partial charge in [0.25, 0.3) is 0 Å². The Morgan fingerprint density at radius 3 is 2.44 bits per heavy atom. The Balaban J connectivity index is 2.13. The van der Waals surface area contributed by atoms with E-state index >= 15 is 0 Å². The summed E-state index contributed by atoms with van der Waals surface area (Å²) in [6.07, 6.45) is 0. The topological polar surface area (TPSA) is 55.5 Å². The maximum absolute atomic E-state index is 9.06. The highest BCUT2D eigenvalue weighted by Crippen LogP contribution is 2.23. The minimum absolute atomic E-state index is 0.0147. The van der Waals surface area contributed by atoms with E-state index in [0.717, 1.165) is 22.6 Å². The molecule has 0 spiro atoms. The first-order valence-corrected chi connectivity index (χ1v) is 5.92. The maximum atomic E-state index is 9.06. The molecule has 2 aromatic carbocycles. The average molecular weight is 243 g/mol. The molecule has 0 aliphatic rings. The molecule has 3 nitrogen and oxygen atoms in total. The van der Waals surface area contributed by atoms with Gasteiger partial charge >= 0.3 is 0 Å². The van der Waals surface area contributed by atoms with E-state index < -0.39 is 0 Å². The van der Waals surface area contributed by atoms with E-state index in [9.17, 15) is 0 Å². The minimum Gasteiger partial charge on any atom is -0.457 e. The minimum atomic E-state index is 0.0147. The van der Waals surface area contributed by atoms with Crippen LogP contribution in [0, 0.1) is 0 Å². The third-order valence-corrected chi connectivity index (χ3v) is 2.72. The van der Waals surface area contributed by atoms with Crippen molar-refractivity contribution in [3.63, 3.8) is 0 Å². The Bertz CT molecular complexity index is 506. The molecule has 0 aliphatic carbocycles. The van der Waals surface area contributed by atoms with Gasteiger partial charge in [0, 0.05) is 6.04 Å². The summed E-state index contributed by atoms with van der Waals surface area (Å²) in [5.74, 6) is 1.48. The molecule has 0 saturated heterocycles. The molecule has 0 radical (unpaired) electrons. The zero-order chi connectivity index (χ0) is 13.0. The van der Waals surface area contributed by atoms with Crippen molar-refractivity contribution in [2.24, 2.45) is 5.73 Å². The molecule has 2 aromatic rings. The van der Waals surface area contributed by atoms with Gasteiger partial charge in [-0.3, -0.25) is 0 Å². The van der Waals surface area contributed by atoms with E-state index in [2.05, 4.69) is 0 Å². The van der Waals surface area contributed by atoms with Gasteiger partial charge in [-0.05, 0) is 42.3 Å². The zero-order valence-electron chi connectivity index (χ0n) is 10.3. The fourth-order valence-corrected chi connectivity index (χ4v) is 1.68. The maximum Gasteiger partial charge on any atom is 0.127 e. The van der Waals surface area contributed by atoms with Gasteiger partial charge in [0.15, 0.2) is 0 Å². The predicted octanol–water partition coefficient (Wildman–Crippen LogP) is 2.99. The number of hydrogen-bond acceptors (Lipinski definition) is 3. The molecular weight excluding hydrogens is 226 g/mol. The largest absolute Gasteiger partial charge is 0.457 e. The predicted molar refractivity (Wildman–Crippen MR) is 71.5 cm³/mol. The van der Waals surface area contributed by atoms with E-state index in [1.54, 1.807) is 0 Å². The standard InChI is InChI=1S/C15H17NO2/c1-11(16)13-5-7-14(8-6-13)18-15-4-2-3-12(9-15)10-17/h2-9,11,17H,10,16H2,1H3/t11-/m1/s1. The summed E-state index contributed by atoms with van der Waals surface area (Å²) >= 11 is 0. The lowest BCUT2D eigenvalue weighted by Gasteiger charge is -2.09. The van der Waals surface area contributed by atoms with Crippen molar-refractivity contribution in [3.8, 4) is 11.5 Å². The van der Waals surface area contributed by atoms with Gasteiger partial charge in [0.2, 0.25) is 0 Å². The van der Waals surface area contributed by atoms with Crippen LogP contribution in [0.25, 0.3) is 0 Å². The van der Waals surface area contributed by atoms with Gasteiger partial charge in [-0.25, -0.2) is 0 Å². The van der Waals surface area contributed by atoms with Crippen LogP contribution in [0.2, 0.25) is 0 Å². The molecule has 2 rings (SSSR count). The highest BCUT2D eigenvalue weighted by atomic mass is 16.5. The SMILES string of the molecule is C[C@@H](N)c1ccc(Oc2cccc(CO)c2)cc1. The van der Waals surface area contributed by atoms with Crippen LogP contribution in [-0.4, -0.2) is 5.11 Å². The zero-order valence-corrected chi connectivity index (χ0v) is 10.3. The van der Waals surface area contributed by atoms with Gasteiger partial charge in [0.05, 0.1) is 6.61 Å². The number of aliphatic hydroxyl groups is 1. The first-order chi connectivity index (χ1) is 8.69. The van der Waals surface area contributed by atoms with Crippen LogP contribution in [0.4, 0.5) is 0 Å². The second kappa shape index (κ2) is 5.67. The second-order valence-electron chi connectivity index (χ2n) is 4.27. The lowest BCUT2D eigenvalue weighted by atomic mass is 10.1. The number of ether oxygens (including phenoxy) is 1. The van der Waals surface area contributed by atoms with E-state index in [4.69, 9.17) is 15.6 Å². The van der Waals surface area contributed by atoms with Gasteiger partial charge in [-0.15, -0.1) is 0 Å². The number of aliphatic hydroxyl groups excluding tert-OH is 1. The van der Waals surface area contributed by atoms with Crippen molar-refractivity contribution in [2.45, 2.75) is 19.6 Å². The molecule has 0 aromatic heterocycles. The van der Waals surface area contributed by atoms with E-state index in [1.165, 1.54) is 0 Å². The molecule has 1 atom stereocenters. The van der Waals surface area contributed by atoms with Crippen molar-refractivity contribution in [3.05, 3.63) is 59.7 Å². The summed E-state index contributed by atoms with van der Waals surface area (Å²) < 4.78 is 5.70. The molecule has 0 unspecified atom stereocenters. The van der Waals surface area contributed by atoms with Gasteiger partial charge < -0.3 is 15.6 Å². The molecule has 0 heterocycles. The molecule has 3 N–H and O–H groups in total. The Labute approximate surface area is 107 Å². The lowest BCUT2D eigenvalue weighted by molar-refractivity contribution is 0.281. The molecule has 18 heavy (non-hydrogen) atoms. The first kappa shape index (κ1) is 12.6. The third kappa shape index (κ3) is 3.09. The van der Waals surface area contributed by atoms with Crippen LogP contribution < -0.4 is 10.5 Å². The monoisotopic (exact) mass is 243 g/mol. The van der Waals surface area contributed by atoms with Crippen molar-refractivity contribution in [1.82, 2.24) is 0 Å². The van der Waals surface area contributed by atoms with Gasteiger partial charge in [-0.2, -0.15) is 0 Å². The number of rotatable bonds is 4. The van der Waals surface area contributed by atoms with Crippen LogP contribution in [0.3, 0.4) is 0 Å². The average Bonchev–Trinajstić information content (AvgIpc) is 2.39. The fraction of sp³-hybridized carbons (Fsp3) is 0.200. The molecule has 0 bridgehead atoms. The molecule has 0 aliphatic heterocycles. The van der Waals surface area contributed by atoms with Crippen molar-refractivity contribution < 1.29 is 9.84 Å². The molecule has 94 valence electrons. The van der Waals surface area contributed by atoms with E-state index in [1.807, 2.05) is 55.5 Å². The first-order valence-electron chi connectivity index (χ1n) is 5.92. The van der Waals surface area contributed by atoms with Crippen LogP contribution in [0.15, 0.2) is 48.5 Å². The number of nitrogens with two attached hydrogens (primary N) is 1. The van der Waals surface area contributed by atoms with Crippen molar-refractivity contribution in [2.75, 3.05) is 0 Å². The smallest absolute Gasteiger partial charge is 0.127 e. The summed E-state index contributed by atoms with van der Waals surface area (Å²) in [7, 11) is 0. The van der Waals surface area contributed by atoms with Gasteiger partial charge in [-0.1, -0.05) is 24.3 Å². The molecule has 0 saturated carbocycles. The summed E-state index contributed by atoms with van der Waals surface area (Å²) in [5, 5.41) is 9.06. The Morgan fingerprint density at radius 1 is 1.11 bits per heavy atom. The summed E-state index contributed by atoms with van der Waals surface area (Å²) in [6.45, 7) is 1.96. The summed E-state index contributed by atoms with van der Waals surface area (Å²) in [5.41, 5.74) is 7.69. The number of hydrogen-bond donors (Lipinski definition) is 2. The van der Waals surface area contributed by atoms with Crippen molar-refractivity contribution in [1.29, 1.82) is 0 Å². The highest BCUT2D eigenvalue weighted by Gasteiger charge is 2.01. The second-order valence-corrected chi connectivity index (χ2v) is 4.27. The van der Waals surface area contributed by atoms with E-state index in [-0.39, 0.29) is 12.6 Å². The quantitative estimate of drug-likeness (QED) is 0.868. The highest BCUT2D eigenvalue weighted by molar-refractivity contribution is 5.35. The van der Waals surface area contributed by atoms with Gasteiger partial charge in [0.1, 0.15) is 11.5 Å². The Morgan fingerprint density at radius 2 is 1.83 bits per heavy atom. The van der Waals surface area contributed by atoms with Crippen LogP contribution >= 0.6 is 0 Å². The Kier molecular flexibility index (Phi) is 3.97. The fourth-order valence-electron chi connectivity index (χ4n) is 1.68. The van der Waals surface area contributed by atoms with Crippen LogP contribution in [0.1, 0.15) is 24.1 Å². The molecule has 0 amide bonds. The Hall–Kier alpha value is -1.84. The lowest BCUT2D eigenvalue weighted by Crippen LogP contribution is -2.04. The number of benzene rings is 2. The van der Waals surface area contributed by atoms with Crippen molar-refractivity contribution >= 4 is 0 Å². The summed E-state index contributed by atoms with van der Waals surface area (Å²) in [4.78, 5) is 0. The molecule has 0 fully saturated rings. The molecule has 3 heteroatoms. The third-order valence-electron chi connectivity index (χ3n) is 2.72. The van der Waals surface area contributed by atoms with E-state index in [0.29, 0.717) is 0 Å². The molecular formula is C15H17NO2. The van der Waals surface area contributed by atoms with Crippen LogP contribution in [-0.2, 0) is 6.61 Å². The van der Waals surface area contributed by atoms with Crippen LogP contribution in [0.5, 0.6) is 11.5 Å². The summed E-state index contributed by atoms with van der Waals surface area (Å²) in [6, 6.07) is 15.1. The normalized spacial score (nSPS) is 12.2.